The fourth-order valence-electron chi connectivity index (χ4n) is 3.15. The van der Waals surface area contributed by atoms with Crippen LogP contribution in [-0.2, 0) is 16.6 Å². The molecule has 0 aromatic carbocycles. The minimum absolute atomic E-state index is 0.113. The van der Waals surface area contributed by atoms with Crippen molar-refractivity contribution in [3.05, 3.63) is 18.7 Å². The fraction of sp³-hybridized carbons (Fsp3) is 0.833. The molecule has 0 spiro atoms. The number of aromatic nitrogens is 2. The number of carbonyl (C=O) groups is 1. The predicted octanol–water partition coefficient (Wildman–Crippen LogP) is 6.20. The third-order valence-electron chi connectivity index (χ3n) is 4.96. The van der Waals surface area contributed by atoms with Crippen molar-refractivity contribution in [1.82, 2.24) is 9.55 Å². The summed E-state index contributed by atoms with van der Waals surface area (Å²) in [5, 5.41) is 8.57. The van der Waals surface area contributed by atoms with E-state index in [1.807, 2.05) is 17.8 Å². The summed E-state index contributed by atoms with van der Waals surface area (Å²) in [5.74, 6) is -0.280. The largest absolute Gasteiger partial charge is 0.466 e. The summed E-state index contributed by atoms with van der Waals surface area (Å²) in [6.07, 6.45) is 25.6. The summed E-state index contributed by atoms with van der Waals surface area (Å²) in [6, 6.07) is 0. The molecular formula is C24H46N2O3. The average Bonchev–Trinajstić information content (AvgIpc) is 3.19. The van der Waals surface area contributed by atoms with E-state index in [0.29, 0.717) is 6.61 Å². The number of imidazole rings is 1. The molecule has 5 nitrogen and oxygen atoms in total. The Morgan fingerprint density at radius 1 is 0.862 bits per heavy atom. The number of unbranched alkanes of at least 4 members (excludes halogenated alkanes) is 14. The molecule has 0 aliphatic rings. The average molecular weight is 411 g/mol. The number of aryl methyl sites for hydroxylation is 1. The van der Waals surface area contributed by atoms with Crippen molar-refractivity contribution >= 4 is 5.97 Å². The van der Waals surface area contributed by atoms with Crippen LogP contribution < -0.4 is 0 Å². The SMILES string of the molecule is CCCCCCCCCCCCCCCCCOC(=O)CCO.Cn1ccnc1. The van der Waals surface area contributed by atoms with Gasteiger partial charge in [-0.1, -0.05) is 96.8 Å². The van der Waals surface area contributed by atoms with Gasteiger partial charge in [-0.2, -0.15) is 0 Å². The van der Waals surface area contributed by atoms with E-state index in [4.69, 9.17) is 9.84 Å². The molecule has 1 N–H and O–H groups in total. The molecule has 0 amide bonds. The number of hydrogen-bond acceptors (Lipinski definition) is 4. The van der Waals surface area contributed by atoms with Crippen LogP contribution in [0.5, 0.6) is 0 Å². The van der Waals surface area contributed by atoms with Gasteiger partial charge >= 0.3 is 5.97 Å². The molecule has 1 heterocycles. The standard InChI is InChI=1S/C20H40O3.C4H6N2/c1-2-3-4-5-6-7-8-9-10-11-12-13-14-15-16-19-23-20(22)17-18-21;1-6-3-2-5-4-6/h21H,2-19H2,1H3;2-4H,1H3. The molecule has 0 atom stereocenters. The second-order valence-corrected chi connectivity index (χ2v) is 7.87. The van der Waals surface area contributed by atoms with Gasteiger partial charge in [-0.15, -0.1) is 0 Å². The van der Waals surface area contributed by atoms with Gasteiger partial charge in [-0.25, -0.2) is 4.98 Å². The highest BCUT2D eigenvalue weighted by atomic mass is 16.5. The highest BCUT2D eigenvalue weighted by molar-refractivity contribution is 5.69. The Morgan fingerprint density at radius 2 is 1.34 bits per heavy atom. The van der Waals surface area contributed by atoms with Crippen LogP contribution in [0.25, 0.3) is 0 Å². The van der Waals surface area contributed by atoms with Crippen molar-refractivity contribution in [2.24, 2.45) is 7.05 Å². The number of rotatable bonds is 18. The first-order valence-corrected chi connectivity index (χ1v) is 11.9. The number of carbonyl (C=O) groups excluding carboxylic acids is 1. The lowest BCUT2D eigenvalue weighted by molar-refractivity contribution is -0.144. The first kappa shape index (κ1) is 27.6. The van der Waals surface area contributed by atoms with Gasteiger partial charge in [0.2, 0.25) is 0 Å². The van der Waals surface area contributed by atoms with E-state index in [1.165, 1.54) is 83.5 Å². The second kappa shape index (κ2) is 22.9. The van der Waals surface area contributed by atoms with Crippen LogP contribution in [0.15, 0.2) is 18.7 Å². The van der Waals surface area contributed by atoms with E-state index in [9.17, 15) is 4.79 Å². The highest BCUT2D eigenvalue weighted by Gasteiger charge is 2.00. The summed E-state index contributed by atoms with van der Waals surface area (Å²) >= 11 is 0. The van der Waals surface area contributed by atoms with Crippen LogP contribution in [0.2, 0.25) is 0 Å². The first-order chi connectivity index (χ1) is 14.2. The van der Waals surface area contributed by atoms with Crippen molar-refractivity contribution in [3.8, 4) is 0 Å². The molecule has 170 valence electrons. The van der Waals surface area contributed by atoms with E-state index in [0.717, 1.165) is 12.8 Å². The van der Waals surface area contributed by atoms with Gasteiger partial charge in [0.05, 0.1) is 26.0 Å². The van der Waals surface area contributed by atoms with Gasteiger partial charge in [0.15, 0.2) is 0 Å². The number of nitrogens with zero attached hydrogens (tertiary/aromatic N) is 2. The van der Waals surface area contributed by atoms with Gasteiger partial charge in [0.1, 0.15) is 0 Å². The third-order valence-corrected chi connectivity index (χ3v) is 4.96. The maximum atomic E-state index is 11.0. The quantitative estimate of drug-likeness (QED) is 0.231. The summed E-state index contributed by atoms with van der Waals surface area (Å²) < 4.78 is 6.89. The van der Waals surface area contributed by atoms with Gasteiger partial charge in [-0.3, -0.25) is 4.79 Å². The van der Waals surface area contributed by atoms with Gasteiger partial charge in [0, 0.05) is 19.4 Å². The zero-order valence-electron chi connectivity index (χ0n) is 19.1. The van der Waals surface area contributed by atoms with Crippen molar-refractivity contribution < 1.29 is 14.6 Å². The lowest BCUT2D eigenvalue weighted by Crippen LogP contribution is -2.07. The maximum Gasteiger partial charge on any atom is 0.308 e. The molecule has 0 bridgehead atoms. The van der Waals surface area contributed by atoms with E-state index in [-0.39, 0.29) is 19.0 Å². The van der Waals surface area contributed by atoms with Crippen molar-refractivity contribution in [2.75, 3.05) is 13.2 Å². The Kier molecular flexibility index (Phi) is 21.8. The van der Waals surface area contributed by atoms with Crippen molar-refractivity contribution in [1.29, 1.82) is 0 Å². The number of hydrogen-bond donors (Lipinski definition) is 1. The van der Waals surface area contributed by atoms with Gasteiger partial charge < -0.3 is 14.4 Å². The number of aliphatic hydroxyl groups is 1. The molecule has 0 saturated heterocycles. The maximum absolute atomic E-state index is 11.0. The van der Waals surface area contributed by atoms with E-state index in [2.05, 4.69) is 11.9 Å². The smallest absolute Gasteiger partial charge is 0.308 e. The molecule has 5 heteroatoms. The molecule has 1 aromatic heterocycles. The predicted molar refractivity (Wildman–Crippen MR) is 121 cm³/mol. The summed E-state index contributed by atoms with van der Waals surface area (Å²) in [6.45, 7) is 2.67. The molecule has 0 unspecified atom stereocenters. The van der Waals surface area contributed by atoms with Crippen LogP contribution >= 0.6 is 0 Å². The molecule has 0 radical (unpaired) electrons. The van der Waals surface area contributed by atoms with Crippen molar-refractivity contribution in [3.63, 3.8) is 0 Å². The Bertz CT molecular complexity index is 435. The summed E-state index contributed by atoms with van der Waals surface area (Å²) in [5.41, 5.74) is 0. The minimum atomic E-state index is -0.280. The fourth-order valence-corrected chi connectivity index (χ4v) is 3.15. The molecule has 0 aliphatic heterocycles. The highest BCUT2D eigenvalue weighted by Crippen LogP contribution is 2.13. The van der Waals surface area contributed by atoms with Crippen molar-refractivity contribution in [2.45, 2.75) is 110 Å². The normalized spacial score (nSPS) is 10.4. The zero-order chi connectivity index (χ0) is 21.4. The lowest BCUT2D eigenvalue weighted by atomic mass is 10.0. The summed E-state index contributed by atoms with van der Waals surface area (Å²) in [4.78, 5) is 14.8. The first-order valence-electron chi connectivity index (χ1n) is 11.9. The molecular weight excluding hydrogens is 364 g/mol. The Hall–Kier alpha value is -1.36. The van der Waals surface area contributed by atoms with Crippen LogP contribution in [-0.4, -0.2) is 33.8 Å². The number of aliphatic hydroxyl groups excluding tert-OH is 1. The second-order valence-electron chi connectivity index (χ2n) is 7.87. The molecule has 0 aliphatic carbocycles. The Balaban J connectivity index is 0.00000110. The molecule has 1 rings (SSSR count). The van der Waals surface area contributed by atoms with Crippen LogP contribution in [0.4, 0.5) is 0 Å². The lowest BCUT2D eigenvalue weighted by Gasteiger charge is -2.04. The number of ether oxygens (including phenoxy) is 1. The zero-order valence-corrected chi connectivity index (χ0v) is 19.1. The van der Waals surface area contributed by atoms with Crippen LogP contribution in [0.3, 0.4) is 0 Å². The molecule has 29 heavy (non-hydrogen) atoms. The van der Waals surface area contributed by atoms with E-state index in [1.54, 1.807) is 12.5 Å². The van der Waals surface area contributed by atoms with Gasteiger partial charge in [-0.05, 0) is 6.42 Å². The van der Waals surface area contributed by atoms with E-state index < -0.39 is 0 Å². The molecule has 1 aromatic rings. The Morgan fingerprint density at radius 3 is 1.69 bits per heavy atom. The van der Waals surface area contributed by atoms with Gasteiger partial charge in [0.25, 0.3) is 0 Å². The van der Waals surface area contributed by atoms with Crippen LogP contribution in [0, 0.1) is 0 Å². The minimum Gasteiger partial charge on any atom is -0.466 e. The summed E-state index contributed by atoms with van der Waals surface area (Å²) in [7, 11) is 1.94. The van der Waals surface area contributed by atoms with E-state index >= 15 is 0 Å². The van der Waals surface area contributed by atoms with Crippen LogP contribution in [0.1, 0.15) is 110 Å². The topological polar surface area (TPSA) is 64.3 Å². The number of esters is 1. The Labute approximate surface area is 179 Å². The molecule has 0 saturated carbocycles. The third kappa shape index (κ3) is 22.8. The monoisotopic (exact) mass is 410 g/mol. The molecule has 0 fully saturated rings.